The van der Waals surface area contributed by atoms with Crippen LogP contribution in [0.2, 0.25) is 0 Å². The van der Waals surface area contributed by atoms with Gasteiger partial charge in [0, 0.05) is 17.3 Å². The van der Waals surface area contributed by atoms with Crippen LogP contribution in [0.3, 0.4) is 0 Å². The summed E-state index contributed by atoms with van der Waals surface area (Å²) in [5.41, 5.74) is 2.84. The number of benzene rings is 1. The zero-order valence-electron chi connectivity index (χ0n) is 18.6. The number of hydrogen-bond acceptors (Lipinski definition) is 2. The predicted molar refractivity (Wildman–Crippen MR) is 122 cm³/mol. The molecule has 160 valence electrons. The van der Waals surface area contributed by atoms with Crippen molar-refractivity contribution >= 4 is 0 Å². The van der Waals surface area contributed by atoms with E-state index in [2.05, 4.69) is 35.9 Å². The van der Waals surface area contributed by atoms with Crippen molar-refractivity contribution in [2.24, 2.45) is 0 Å². The van der Waals surface area contributed by atoms with Gasteiger partial charge in [-0.15, -0.1) is 0 Å². The minimum absolute atomic E-state index is 0.360. The van der Waals surface area contributed by atoms with Crippen molar-refractivity contribution in [3.8, 4) is 11.4 Å². The Morgan fingerprint density at radius 2 is 1.28 bits per heavy atom. The molecule has 0 saturated carbocycles. The first-order valence-electron chi connectivity index (χ1n) is 11.8. The zero-order valence-corrected chi connectivity index (χ0v) is 18.6. The Morgan fingerprint density at radius 3 is 1.86 bits per heavy atom. The molecule has 0 saturated heterocycles. The highest BCUT2D eigenvalue weighted by Crippen LogP contribution is 2.19. The van der Waals surface area contributed by atoms with Crippen LogP contribution in [0, 0.1) is 5.95 Å². The largest absolute Gasteiger partial charge is 0.236 e. The molecule has 0 amide bonds. The number of aryl methyl sites for hydroxylation is 2. The summed E-state index contributed by atoms with van der Waals surface area (Å²) < 4.78 is 14.4. The standard InChI is InChI=1S/C26H39FN2/c1-3-5-7-8-9-10-11-12-13-14-16-24-21-28-26(29-25(24)27)23-19-17-22(18-20-23)15-6-4-2/h17-21H,3-16H2,1-2H3. The SMILES string of the molecule is CCCCCCCCCCCCc1cnc(-c2ccc(CCCC)cc2)nc1F. The van der Waals surface area contributed by atoms with Gasteiger partial charge in [0.05, 0.1) is 0 Å². The lowest BCUT2D eigenvalue weighted by atomic mass is 10.0. The van der Waals surface area contributed by atoms with Crippen molar-refractivity contribution in [1.29, 1.82) is 0 Å². The average molecular weight is 399 g/mol. The van der Waals surface area contributed by atoms with E-state index in [1.807, 2.05) is 12.1 Å². The molecular formula is C26H39FN2. The van der Waals surface area contributed by atoms with Crippen LogP contribution in [0.15, 0.2) is 30.5 Å². The van der Waals surface area contributed by atoms with Gasteiger partial charge < -0.3 is 0 Å². The van der Waals surface area contributed by atoms with Gasteiger partial charge in [-0.05, 0) is 31.2 Å². The number of rotatable bonds is 15. The van der Waals surface area contributed by atoms with Crippen LogP contribution >= 0.6 is 0 Å². The highest BCUT2D eigenvalue weighted by Gasteiger charge is 2.08. The molecule has 0 fully saturated rings. The Labute approximate surface area is 177 Å². The fourth-order valence-electron chi connectivity index (χ4n) is 3.70. The lowest BCUT2D eigenvalue weighted by molar-refractivity contribution is 0.539. The molecule has 0 unspecified atom stereocenters. The normalized spacial score (nSPS) is 11.1. The topological polar surface area (TPSA) is 25.8 Å². The highest BCUT2D eigenvalue weighted by atomic mass is 19.1. The lowest BCUT2D eigenvalue weighted by Gasteiger charge is -2.06. The third kappa shape index (κ3) is 9.06. The van der Waals surface area contributed by atoms with Gasteiger partial charge in [-0.2, -0.15) is 9.37 Å². The third-order valence-corrected chi connectivity index (χ3v) is 5.64. The second-order valence-corrected chi connectivity index (χ2v) is 8.24. The van der Waals surface area contributed by atoms with E-state index in [0.29, 0.717) is 11.4 Å². The molecule has 29 heavy (non-hydrogen) atoms. The van der Waals surface area contributed by atoms with Gasteiger partial charge in [-0.3, -0.25) is 0 Å². The Kier molecular flexibility index (Phi) is 11.6. The first-order chi connectivity index (χ1) is 14.2. The molecule has 2 rings (SSSR count). The molecule has 3 heteroatoms. The molecule has 2 aromatic rings. The van der Waals surface area contributed by atoms with Gasteiger partial charge in [-0.1, -0.05) is 102 Å². The summed E-state index contributed by atoms with van der Waals surface area (Å²) in [6.45, 7) is 4.45. The van der Waals surface area contributed by atoms with Gasteiger partial charge in [-0.25, -0.2) is 4.98 Å². The fraction of sp³-hybridized carbons (Fsp3) is 0.615. The molecule has 0 N–H and O–H groups in total. The van der Waals surface area contributed by atoms with E-state index in [9.17, 15) is 4.39 Å². The van der Waals surface area contributed by atoms with Gasteiger partial charge in [0.25, 0.3) is 0 Å². The number of unbranched alkanes of at least 4 members (excludes halogenated alkanes) is 10. The maximum absolute atomic E-state index is 14.4. The minimum Gasteiger partial charge on any atom is -0.236 e. The third-order valence-electron chi connectivity index (χ3n) is 5.64. The van der Waals surface area contributed by atoms with E-state index in [-0.39, 0.29) is 5.95 Å². The van der Waals surface area contributed by atoms with Crippen LogP contribution in [0.1, 0.15) is 102 Å². The smallest absolute Gasteiger partial charge is 0.219 e. The van der Waals surface area contributed by atoms with E-state index in [0.717, 1.165) is 31.2 Å². The summed E-state index contributed by atoms with van der Waals surface area (Å²) in [5, 5.41) is 0. The zero-order chi connectivity index (χ0) is 20.7. The molecule has 2 nitrogen and oxygen atoms in total. The molecule has 0 bridgehead atoms. The van der Waals surface area contributed by atoms with Gasteiger partial charge in [0.2, 0.25) is 5.95 Å². The first kappa shape index (κ1) is 23.5. The summed E-state index contributed by atoms with van der Waals surface area (Å²) in [6.07, 6.45) is 18.8. The molecule has 1 heterocycles. The van der Waals surface area contributed by atoms with Crippen LogP contribution in [-0.4, -0.2) is 9.97 Å². The van der Waals surface area contributed by atoms with Crippen molar-refractivity contribution < 1.29 is 4.39 Å². The Balaban J connectivity index is 1.70. The molecule has 0 aliphatic rings. The quantitative estimate of drug-likeness (QED) is 0.224. The summed E-state index contributed by atoms with van der Waals surface area (Å²) in [5.74, 6) is 0.123. The van der Waals surface area contributed by atoms with Crippen LogP contribution in [0.5, 0.6) is 0 Å². The fourth-order valence-corrected chi connectivity index (χ4v) is 3.70. The summed E-state index contributed by atoms with van der Waals surface area (Å²) in [6, 6.07) is 8.21. The number of nitrogens with zero attached hydrogens (tertiary/aromatic N) is 2. The van der Waals surface area contributed by atoms with Crippen LogP contribution in [-0.2, 0) is 12.8 Å². The second-order valence-electron chi connectivity index (χ2n) is 8.24. The number of aromatic nitrogens is 2. The Morgan fingerprint density at radius 1 is 0.690 bits per heavy atom. The number of hydrogen-bond donors (Lipinski definition) is 0. The molecular weight excluding hydrogens is 359 g/mol. The molecule has 0 spiro atoms. The van der Waals surface area contributed by atoms with Crippen molar-refractivity contribution in [2.45, 2.75) is 104 Å². The van der Waals surface area contributed by atoms with E-state index >= 15 is 0 Å². The Bertz CT molecular complexity index is 682. The summed E-state index contributed by atoms with van der Waals surface area (Å²) in [7, 11) is 0. The van der Waals surface area contributed by atoms with Gasteiger partial charge >= 0.3 is 0 Å². The Hall–Kier alpha value is -1.77. The molecule has 0 radical (unpaired) electrons. The molecule has 1 aromatic carbocycles. The number of halogens is 1. The highest BCUT2D eigenvalue weighted by molar-refractivity contribution is 5.55. The minimum atomic E-state index is -0.360. The monoisotopic (exact) mass is 398 g/mol. The van der Waals surface area contributed by atoms with Crippen molar-refractivity contribution in [3.63, 3.8) is 0 Å². The summed E-state index contributed by atoms with van der Waals surface area (Å²) >= 11 is 0. The van der Waals surface area contributed by atoms with E-state index in [1.54, 1.807) is 6.20 Å². The van der Waals surface area contributed by atoms with Crippen molar-refractivity contribution in [3.05, 3.63) is 47.5 Å². The maximum Gasteiger partial charge on any atom is 0.219 e. The first-order valence-corrected chi connectivity index (χ1v) is 11.8. The molecule has 1 aromatic heterocycles. The van der Waals surface area contributed by atoms with Gasteiger partial charge in [0.1, 0.15) is 0 Å². The molecule has 0 atom stereocenters. The van der Waals surface area contributed by atoms with Crippen molar-refractivity contribution in [2.75, 3.05) is 0 Å². The second kappa shape index (κ2) is 14.3. The van der Waals surface area contributed by atoms with Crippen LogP contribution in [0.4, 0.5) is 4.39 Å². The predicted octanol–water partition coefficient (Wildman–Crippen LogP) is 8.09. The molecule has 0 aliphatic heterocycles. The van der Waals surface area contributed by atoms with Crippen LogP contribution < -0.4 is 0 Å². The van der Waals surface area contributed by atoms with E-state index < -0.39 is 0 Å². The van der Waals surface area contributed by atoms with E-state index in [4.69, 9.17) is 0 Å². The lowest BCUT2D eigenvalue weighted by Crippen LogP contribution is -1.99. The molecule has 0 aliphatic carbocycles. The summed E-state index contributed by atoms with van der Waals surface area (Å²) in [4.78, 5) is 8.54. The average Bonchev–Trinajstić information content (AvgIpc) is 2.75. The maximum atomic E-state index is 14.4. The van der Waals surface area contributed by atoms with Gasteiger partial charge in [0.15, 0.2) is 5.82 Å². The van der Waals surface area contributed by atoms with Crippen LogP contribution in [0.25, 0.3) is 11.4 Å². The van der Waals surface area contributed by atoms with Crippen molar-refractivity contribution in [1.82, 2.24) is 9.97 Å². The van der Waals surface area contributed by atoms with E-state index in [1.165, 1.54) is 69.8 Å².